The van der Waals surface area contributed by atoms with Crippen LogP contribution in [0.25, 0.3) is 0 Å². The number of hydrogen-bond donors (Lipinski definition) is 14. The lowest BCUT2D eigenvalue weighted by Crippen LogP contribution is -2.11. The van der Waals surface area contributed by atoms with Gasteiger partial charge in [-0.05, 0) is 0 Å². The first kappa shape index (κ1) is 39.1. The highest BCUT2D eigenvalue weighted by Crippen LogP contribution is 2.52. The normalized spacial score (nSPS) is 13.0. The van der Waals surface area contributed by atoms with Crippen molar-refractivity contribution in [2.24, 2.45) is 11.5 Å². The average molecular weight is 588 g/mol. The van der Waals surface area contributed by atoms with Crippen molar-refractivity contribution in [2.75, 3.05) is 30.8 Å². The number of rotatable bonds is 7. The Morgan fingerprint density at radius 1 is 0.355 bits per heavy atom. The second kappa shape index (κ2) is 15.7. The molecule has 0 radical (unpaired) electrons. The maximum absolute atomic E-state index is 9.85. The zero-order valence-corrected chi connectivity index (χ0v) is 20.6. The maximum atomic E-state index is 9.85. The predicted molar refractivity (Wildman–Crippen MR) is 105 cm³/mol. The van der Waals surface area contributed by atoms with Gasteiger partial charge in [0.25, 0.3) is 0 Å². The Labute approximate surface area is 174 Å². The fourth-order valence-corrected chi connectivity index (χ4v) is 6.48. The minimum Gasteiger partial charge on any atom is -0.329 e. The van der Waals surface area contributed by atoms with E-state index in [9.17, 15) is 27.4 Å². The SMILES string of the molecule is NCCN.O=P(O)(O)CP(=O)(O)O.O=P(O)(O)CP(=O)(O)O.O=P(O)(O)CP(=O)(O)O. The van der Waals surface area contributed by atoms with Crippen molar-refractivity contribution in [3.8, 4) is 0 Å². The largest absolute Gasteiger partial charge is 0.337 e. The van der Waals surface area contributed by atoms with Gasteiger partial charge >= 0.3 is 45.6 Å². The third-order valence-corrected chi connectivity index (χ3v) is 10.1. The molecule has 0 bridgehead atoms. The highest BCUT2D eigenvalue weighted by atomic mass is 31.2. The molecule has 0 atom stereocenters. The number of nitrogens with two attached hydrogens (primary N) is 2. The molecule has 0 aliphatic carbocycles. The summed E-state index contributed by atoms with van der Waals surface area (Å²) < 4.78 is 59.1. The molecule has 26 heteroatoms. The Balaban J connectivity index is -0.000000162. The van der Waals surface area contributed by atoms with Crippen LogP contribution in [0.5, 0.6) is 0 Å². The second-order valence-electron chi connectivity index (χ2n) is 4.99. The molecular weight excluding hydrogens is 562 g/mol. The van der Waals surface area contributed by atoms with Crippen molar-refractivity contribution in [3.63, 3.8) is 0 Å². The first-order chi connectivity index (χ1) is 13.0. The van der Waals surface area contributed by atoms with E-state index in [1.807, 2.05) is 0 Å². The van der Waals surface area contributed by atoms with Crippen LogP contribution in [0, 0.1) is 0 Å². The van der Waals surface area contributed by atoms with Gasteiger partial charge in [-0.2, -0.15) is 0 Å². The van der Waals surface area contributed by atoms with Crippen molar-refractivity contribution < 1.29 is 86.1 Å². The summed E-state index contributed by atoms with van der Waals surface area (Å²) in [6, 6.07) is 0. The van der Waals surface area contributed by atoms with Gasteiger partial charge in [-0.1, -0.05) is 0 Å². The van der Waals surface area contributed by atoms with E-state index in [1.54, 1.807) is 0 Å². The van der Waals surface area contributed by atoms with Crippen LogP contribution in [0.4, 0.5) is 0 Å². The van der Waals surface area contributed by atoms with E-state index in [-0.39, 0.29) is 0 Å². The maximum Gasteiger partial charge on any atom is 0.337 e. The molecule has 0 aromatic carbocycles. The van der Waals surface area contributed by atoms with Crippen LogP contribution in [0.1, 0.15) is 0 Å². The summed E-state index contributed by atoms with van der Waals surface area (Å²) in [7, 11) is -27.3. The topological polar surface area (TPSA) is 397 Å². The lowest BCUT2D eigenvalue weighted by molar-refractivity contribution is 0.352. The Bertz CT molecular complexity index is 598. The van der Waals surface area contributed by atoms with Gasteiger partial charge < -0.3 is 70.2 Å². The smallest absolute Gasteiger partial charge is 0.329 e. The Morgan fingerprint density at radius 3 is 0.452 bits per heavy atom. The Kier molecular flexibility index (Phi) is 19.7. The molecule has 0 heterocycles. The van der Waals surface area contributed by atoms with Gasteiger partial charge in [-0.3, -0.25) is 27.4 Å². The molecule has 20 nitrogen and oxygen atoms in total. The van der Waals surface area contributed by atoms with Gasteiger partial charge in [0, 0.05) is 13.1 Å². The fourth-order valence-electron chi connectivity index (χ4n) is 0.720. The second-order valence-corrected chi connectivity index (χ2v) is 16.4. The van der Waals surface area contributed by atoms with Crippen LogP contribution < -0.4 is 11.5 Å². The summed E-state index contributed by atoms with van der Waals surface area (Å²) in [5.41, 5.74) is 9.81. The molecule has 0 saturated carbocycles. The quantitative estimate of drug-likeness (QED) is 0.130. The summed E-state index contributed by atoms with van der Waals surface area (Å²) in [6.07, 6.45) is 0. The molecule has 0 saturated heterocycles. The lowest BCUT2D eigenvalue weighted by Gasteiger charge is -2.03. The molecule has 0 aromatic heterocycles. The molecule has 31 heavy (non-hydrogen) atoms. The van der Waals surface area contributed by atoms with Gasteiger partial charge in [-0.25, -0.2) is 0 Å². The van der Waals surface area contributed by atoms with E-state index in [2.05, 4.69) is 0 Å². The summed E-state index contributed by atoms with van der Waals surface area (Å²) in [4.78, 5) is 95.7. The highest BCUT2D eigenvalue weighted by Gasteiger charge is 2.28. The van der Waals surface area contributed by atoms with E-state index in [1.165, 1.54) is 0 Å². The van der Waals surface area contributed by atoms with Crippen LogP contribution >= 0.6 is 45.6 Å². The Morgan fingerprint density at radius 2 is 0.452 bits per heavy atom. The monoisotopic (exact) mass is 588 g/mol. The molecule has 0 rings (SSSR count). The third kappa shape index (κ3) is 65.2. The standard InChI is InChI=1S/C2H8N2.3CH6O6P2/c3-1-2-4;3*2-8(3,4)1-9(5,6)7/h1-4H2;3*1H2,(H2,2,3,4)(H2,5,6,7). The molecule has 0 unspecified atom stereocenters. The van der Waals surface area contributed by atoms with Gasteiger partial charge in [0.05, 0.1) is 0 Å². The minimum atomic E-state index is -4.55. The molecule has 0 fully saturated rings. The average Bonchev–Trinajstić information content (AvgIpc) is 2.26. The van der Waals surface area contributed by atoms with Crippen LogP contribution in [0.3, 0.4) is 0 Å². The van der Waals surface area contributed by atoms with E-state index < -0.39 is 63.3 Å². The highest BCUT2D eigenvalue weighted by molar-refractivity contribution is 7.70. The van der Waals surface area contributed by atoms with E-state index in [0.29, 0.717) is 13.1 Å². The first-order valence-electron chi connectivity index (χ1n) is 6.71. The third-order valence-electron chi connectivity index (χ3n) is 1.27. The number of hydrogen-bond acceptors (Lipinski definition) is 8. The minimum absolute atomic E-state index is 0.597. The first-order valence-corrected chi connectivity index (χ1v) is 17.5. The van der Waals surface area contributed by atoms with Crippen LogP contribution in [-0.4, -0.2) is 89.5 Å². The molecular formula is C5H26N2O18P6. The van der Waals surface area contributed by atoms with E-state index >= 15 is 0 Å². The van der Waals surface area contributed by atoms with Crippen molar-refractivity contribution in [3.05, 3.63) is 0 Å². The molecule has 0 aromatic rings. The van der Waals surface area contributed by atoms with Crippen molar-refractivity contribution in [1.29, 1.82) is 0 Å². The zero-order chi connectivity index (χ0) is 26.5. The zero-order valence-electron chi connectivity index (χ0n) is 15.2. The molecule has 0 aliphatic heterocycles. The van der Waals surface area contributed by atoms with Gasteiger partial charge in [0.15, 0.2) is 17.7 Å². The van der Waals surface area contributed by atoms with Crippen LogP contribution in [-0.2, 0) is 27.4 Å². The Hall–Kier alpha value is 0.820. The molecule has 0 amide bonds. The summed E-state index contributed by atoms with van der Waals surface area (Å²) in [5, 5.41) is 0. The predicted octanol–water partition coefficient (Wildman–Crippen LogP) is -3.20. The van der Waals surface area contributed by atoms with Crippen molar-refractivity contribution >= 4 is 45.6 Å². The van der Waals surface area contributed by atoms with Crippen LogP contribution in [0.2, 0.25) is 0 Å². The molecule has 0 spiro atoms. The molecule has 0 aliphatic rings. The lowest BCUT2D eigenvalue weighted by atomic mass is 10.7. The van der Waals surface area contributed by atoms with Crippen molar-refractivity contribution in [1.82, 2.24) is 0 Å². The summed E-state index contributed by atoms with van der Waals surface area (Å²) in [6.45, 7) is 1.19. The fraction of sp³-hybridized carbons (Fsp3) is 1.00. The molecule has 194 valence electrons. The summed E-state index contributed by atoms with van der Waals surface area (Å²) in [5.74, 6) is -4.12. The van der Waals surface area contributed by atoms with Gasteiger partial charge in [-0.15, -0.1) is 0 Å². The summed E-state index contributed by atoms with van der Waals surface area (Å²) >= 11 is 0. The molecule has 16 N–H and O–H groups in total. The van der Waals surface area contributed by atoms with E-state index in [4.69, 9.17) is 70.2 Å². The van der Waals surface area contributed by atoms with Crippen LogP contribution in [0.15, 0.2) is 0 Å². The van der Waals surface area contributed by atoms with E-state index in [0.717, 1.165) is 0 Å². The van der Waals surface area contributed by atoms with Gasteiger partial charge in [0.2, 0.25) is 0 Å². The van der Waals surface area contributed by atoms with Crippen molar-refractivity contribution in [2.45, 2.75) is 0 Å². The van der Waals surface area contributed by atoms with Gasteiger partial charge in [0.1, 0.15) is 0 Å².